The fourth-order valence-corrected chi connectivity index (χ4v) is 2.35. The lowest BCUT2D eigenvalue weighted by molar-refractivity contribution is 0.789. The molecule has 0 spiro atoms. The van der Waals surface area contributed by atoms with Crippen molar-refractivity contribution in [2.45, 2.75) is 19.9 Å². The van der Waals surface area contributed by atoms with Crippen LogP contribution in [0.15, 0.2) is 54.6 Å². The van der Waals surface area contributed by atoms with E-state index in [2.05, 4.69) is 65.8 Å². The molecule has 2 aromatic rings. The van der Waals surface area contributed by atoms with Crippen molar-refractivity contribution in [3.05, 3.63) is 54.6 Å². The number of hydrogen-bond acceptors (Lipinski definition) is 2. The molecule has 0 aliphatic rings. The predicted octanol–water partition coefficient (Wildman–Crippen LogP) is 4.15. The summed E-state index contributed by atoms with van der Waals surface area (Å²) in [5, 5.41) is 6.65. The van der Waals surface area contributed by atoms with Gasteiger partial charge in [0.2, 0.25) is 0 Å². The van der Waals surface area contributed by atoms with Crippen LogP contribution in [0.1, 0.15) is 13.8 Å². The van der Waals surface area contributed by atoms with E-state index in [1.807, 2.05) is 18.2 Å². The first kappa shape index (κ1) is 15.3. The number of thiocarbonyl (C=S) groups is 1. The monoisotopic (exact) mass is 299 g/mol. The first-order chi connectivity index (χ1) is 10.1. The zero-order valence-electron chi connectivity index (χ0n) is 12.6. The molecule has 0 radical (unpaired) electrons. The Kier molecular flexibility index (Phi) is 5.17. The molecule has 0 aromatic heterocycles. The third kappa shape index (κ3) is 3.95. The predicted molar refractivity (Wildman–Crippen MR) is 95.4 cm³/mol. The van der Waals surface area contributed by atoms with Gasteiger partial charge >= 0.3 is 0 Å². The van der Waals surface area contributed by atoms with Crippen molar-refractivity contribution >= 4 is 34.4 Å². The number of rotatable bonds is 4. The van der Waals surface area contributed by atoms with Crippen LogP contribution in [0, 0.1) is 0 Å². The van der Waals surface area contributed by atoms with Gasteiger partial charge < -0.3 is 15.5 Å². The molecular formula is C17H21N3S. The van der Waals surface area contributed by atoms with Gasteiger partial charge in [-0.3, -0.25) is 0 Å². The molecule has 2 N–H and O–H groups in total. The molecule has 110 valence electrons. The van der Waals surface area contributed by atoms with Gasteiger partial charge in [0.25, 0.3) is 0 Å². The molecule has 3 nitrogen and oxygen atoms in total. The van der Waals surface area contributed by atoms with Crippen molar-refractivity contribution in [3.8, 4) is 0 Å². The Balaban J connectivity index is 2.24. The van der Waals surface area contributed by atoms with Crippen LogP contribution in [0.3, 0.4) is 0 Å². The maximum Gasteiger partial charge on any atom is 0.170 e. The van der Waals surface area contributed by atoms with E-state index in [-0.39, 0.29) is 0 Å². The van der Waals surface area contributed by atoms with E-state index in [1.54, 1.807) is 7.05 Å². The van der Waals surface area contributed by atoms with E-state index >= 15 is 0 Å². The number of nitrogens with zero attached hydrogens (tertiary/aromatic N) is 1. The van der Waals surface area contributed by atoms with Crippen molar-refractivity contribution in [1.29, 1.82) is 0 Å². The first-order valence-corrected chi connectivity index (χ1v) is 7.45. The van der Waals surface area contributed by atoms with E-state index in [0.717, 1.165) is 11.4 Å². The summed E-state index contributed by atoms with van der Waals surface area (Å²) in [5.74, 6) is 0. The SMILES string of the molecule is CNC(=S)Nc1ccc(N(c2ccccc2)C(C)C)cc1. The minimum absolute atomic E-state index is 0.379. The van der Waals surface area contributed by atoms with Gasteiger partial charge in [0, 0.05) is 30.2 Å². The largest absolute Gasteiger partial charge is 0.366 e. The summed E-state index contributed by atoms with van der Waals surface area (Å²) in [6, 6.07) is 19.1. The summed E-state index contributed by atoms with van der Waals surface area (Å²) < 4.78 is 0. The quantitative estimate of drug-likeness (QED) is 0.829. The highest BCUT2D eigenvalue weighted by Gasteiger charge is 2.12. The first-order valence-electron chi connectivity index (χ1n) is 7.05. The molecule has 0 fully saturated rings. The van der Waals surface area contributed by atoms with Crippen molar-refractivity contribution < 1.29 is 0 Å². The van der Waals surface area contributed by atoms with Crippen LogP contribution in [0.25, 0.3) is 0 Å². The third-order valence-corrected chi connectivity index (χ3v) is 3.49. The Morgan fingerprint density at radius 3 is 2.05 bits per heavy atom. The van der Waals surface area contributed by atoms with Crippen molar-refractivity contribution in [3.63, 3.8) is 0 Å². The fraction of sp³-hybridized carbons (Fsp3) is 0.235. The molecule has 0 unspecified atom stereocenters. The summed E-state index contributed by atoms with van der Waals surface area (Å²) in [4.78, 5) is 2.31. The van der Waals surface area contributed by atoms with Gasteiger partial charge in [0.1, 0.15) is 0 Å². The Bertz CT molecular complexity index is 579. The third-order valence-electron chi connectivity index (χ3n) is 3.18. The normalized spacial score (nSPS) is 10.3. The van der Waals surface area contributed by atoms with E-state index in [4.69, 9.17) is 12.2 Å². The molecule has 2 aromatic carbocycles. The smallest absolute Gasteiger partial charge is 0.170 e. The number of hydrogen-bond donors (Lipinski definition) is 2. The van der Waals surface area contributed by atoms with E-state index in [9.17, 15) is 0 Å². The summed E-state index contributed by atoms with van der Waals surface area (Å²) in [5.41, 5.74) is 3.34. The zero-order valence-corrected chi connectivity index (χ0v) is 13.4. The average Bonchev–Trinajstić information content (AvgIpc) is 2.50. The topological polar surface area (TPSA) is 27.3 Å². The molecule has 0 saturated carbocycles. The molecule has 0 atom stereocenters. The number of para-hydroxylation sites is 1. The van der Waals surface area contributed by atoms with Gasteiger partial charge in [-0.2, -0.15) is 0 Å². The van der Waals surface area contributed by atoms with Crippen LogP contribution in [0.5, 0.6) is 0 Å². The molecule has 21 heavy (non-hydrogen) atoms. The number of nitrogens with one attached hydrogen (secondary N) is 2. The van der Waals surface area contributed by atoms with Crippen molar-refractivity contribution in [2.75, 3.05) is 17.3 Å². The molecule has 4 heteroatoms. The molecule has 0 saturated heterocycles. The van der Waals surface area contributed by atoms with E-state index < -0.39 is 0 Å². The van der Waals surface area contributed by atoms with Crippen LogP contribution < -0.4 is 15.5 Å². The molecule has 0 heterocycles. The van der Waals surface area contributed by atoms with Gasteiger partial charge in [-0.25, -0.2) is 0 Å². The van der Waals surface area contributed by atoms with Gasteiger partial charge in [-0.05, 0) is 62.5 Å². The maximum atomic E-state index is 5.11. The van der Waals surface area contributed by atoms with Gasteiger partial charge in [0.15, 0.2) is 5.11 Å². The van der Waals surface area contributed by atoms with Gasteiger partial charge in [-0.15, -0.1) is 0 Å². The molecule has 0 amide bonds. The summed E-state index contributed by atoms with van der Waals surface area (Å²) in [6.45, 7) is 4.38. The fourth-order valence-electron chi connectivity index (χ4n) is 2.23. The Morgan fingerprint density at radius 1 is 0.952 bits per heavy atom. The average molecular weight is 299 g/mol. The Labute approximate surface area is 132 Å². The second-order valence-corrected chi connectivity index (χ2v) is 5.46. The highest BCUT2D eigenvalue weighted by molar-refractivity contribution is 7.80. The van der Waals surface area contributed by atoms with Gasteiger partial charge in [0.05, 0.1) is 0 Å². The molecular weight excluding hydrogens is 278 g/mol. The van der Waals surface area contributed by atoms with Crippen LogP contribution in [-0.4, -0.2) is 18.2 Å². The molecule has 0 bridgehead atoms. The van der Waals surface area contributed by atoms with Crippen molar-refractivity contribution in [2.24, 2.45) is 0 Å². The zero-order chi connectivity index (χ0) is 15.2. The van der Waals surface area contributed by atoms with Gasteiger partial charge in [-0.1, -0.05) is 18.2 Å². The maximum absolute atomic E-state index is 5.11. The molecule has 2 rings (SSSR count). The minimum Gasteiger partial charge on any atom is -0.366 e. The van der Waals surface area contributed by atoms with Crippen molar-refractivity contribution in [1.82, 2.24) is 5.32 Å². The Morgan fingerprint density at radius 2 is 1.52 bits per heavy atom. The standard InChI is InChI=1S/C17H21N3S/c1-13(2)20(15-7-5-4-6-8-15)16-11-9-14(10-12-16)19-17(21)18-3/h4-13H,1-3H3,(H2,18,19,21). The van der Waals surface area contributed by atoms with Crippen LogP contribution in [0.4, 0.5) is 17.1 Å². The summed E-state index contributed by atoms with van der Waals surface area (Å²) >= 11 is 5.11. The lowest BCUT2D eigenvalue weighted by atomic mass is 10.2. The Hall–Kier alpha value is -2.07. The van der Waals surface area contributed by atoms with Crippen LogP contribution in [0.2, 0.25) is 0 Å². The lowest BCUT2D eigenvalue weighted by Crippen LogP contribution is -2.26. The lowest BCUT2D eigenvalue weighted by Gasteiger charge is -2.29. The number of anilines is 3. The van der Waals surface area contributed by atoms with Crippen LogP contribution >= 0.6 is 12.2 Å². The van der Waals surface area contributed by atoms with E-state index in [1.165, 1.54) is 5.69 Å². The second kappa shape index (κ2) is 7.09. The van der Waals surface area contributed by atoms with Crippen LogP contribution in [-0.2, 0) is 0 Å². The molecule has 0 aliphatic carbocycles. The highest BCUT2D eigenvalue weighted by Crippen LogP contribution is 2.28. The summed E-state index contributed by atoms with van der Waals surface area (Å²) in [6.07, 6.45) is 0. The minimum atomic E-state index is 0.379. The highest BCUT2D eigenvalue weighted by atomic mass is 32.1. The summed E-state index contributed by atoms with van der Waals surface area (Å²) in [7, 11) is 1.81. The van der Waals surface area contributed by atoms with E-state index in [0.29, 0.717) is 11.2 Å². The number of benzene rings is 2. The second-order valence-electron chi connectivity index (χ2n) is 5.05. The molecule has 0 aliphatic heterocycles.